The third kappa shape index (κ3) is 3.27. The Morgan fingerprint density at radius 2 is 2.00 bits per heavy atom. The van der Waals surface area contributed by atoms with Gasteiger partial charge < -0.3 is 5.32 Å². The molecular weight excluding hydrogens is 312 g/mol. The SMILES string of the molecule is CCc1nn(C)cc1CNc1ccccc1S(=O)(=O)C(F)F. The fourth-order valence-corrected chi connectivity index (χ4v) is 3.08. The van der Waals surface area contributed by atoms with Gasteiger partial charge in [-0.3, -0.25) is 4.68 Å². The summed E-state index contributed by atoms with van der Waals surface area (Å²) in [6.45, 7) is 2.27. The van der Waals surface area contributed by atoms with Crippen LogP contribution in [0.5, 0.6) is 0 Å². The summed E-state index contributed by atoms with van der Waals surface area (Å²) in [6, 6.07) is 5.66. The molecule has 5 nitrogen and oxygen atoms in total. The zero-order valence-electron chi connectivity index (χ0n) is 12.3. The van der Waals surface area contributed by atoms with Gasteiger partial charge in [0.2, 0.25) is 9.84 Å². The van der Waals surface area contributed by atoms with E-state index in [2.05, 4.69) is 10.4 Å². The van der Waals surface area contributed by atoms with E-state index in [4.69, 9.17) is 0 Å². The maximum absolute atomic E-state index is 12.7. The molecule has 1 aromatic carbocycles. The fraction of sp³-hybridized carbons (Fsp3) is 0.357. The Balaban J connectivity index is 2.28. The van der Waals surface area contributed by atoms with Gasteiger partial charge in [0.15, 0.2) is 0 Å². The summed E-state index contributed by atoms with van der Waals surface area (Å²) in [5.74, 6) is -3.44. The van der Waals surface area contributed by atoms with Crippen LogP contribution in [0.2, 0.25) is 0 Å². The van der Waals surface area contributed by atoms with Gasteiger partial charge in [-0.1, -0.05) is 19.1 Å². The van der Waals surface area contributed by atoms with Crippen molar-refractivity contribution in [3.8, 4) is 0 Å². The van der Waals surface area contributed by atoms with Crippen LogP contribution in [0.4, 0.5) is 14.5 Å². The zero-order valence-corrected chi connectivity index (χ0v) is 13.1. The topological polar surface area (TPSA) is 64.0 Å². The third-order valence-corrected chi connectivity index (χ3v) is 4.66. The summed E-state index contributed by atoms with van der Waals surface area (Å²) >= 11 is 0. The van der Waals surface area contributed by atoms with Crippen molar-refractivity contribution in [1.29, 1.82) is 0 Å². The lowest BCUT2D eigenvalue weighted by Gasteiger charge is -2.12. The second-order valence-corrected chi connectivity index (χ2v) is 6.67. The molecule has 0 bridgehead atoms. The lowest BCUT2D eigenvalue weighted by molar-refractivity contribution is 0.235. The number of nitrogens with zero attached hydrogens (tertiary/aromatic N) is 2. The van der Waals surface area contributed by atoms with E-state index < -0.39 is 20.5 Å². The number of nitrogens with one attached hydrogen (secondary N) is 1. The number of hydrogen-bond acceptors (Lipinski definition) is 4. The number of aromatic nitrogens is 2. The molecule has 1 heterocycles. The van der Waals surface area contributed by atoms with Crippen LogP contribution in [-0.2, 0) is 29.9 Å². The van der Waals surface area contributed by atoms with Gasteiger partial charge in [0.05, 0.1) is 16.3 Å². The first kappa shape index (κ1) is 16.4. The highest BCUT2D eigenvalue weighted by Crippen LogP contribution is 2.26. The maximum atomic E-state index is 12.7. The van der Waals surface area contributed by atoms with Crippen molar-refractivity contribution in [3.05, 3.63) is 41.7 Å². The maximum Gasteiger partial charge on any atom is 0.341 e. The predicted molar refractivity (Wildman–Crippen MR) is 79.5 cm³/mol. The minimum Gasteiger partial charge on any atom is -0.380 e. The molecule has 0 atom stereocenters. The molecule has 0 aliphatic heterocycles. The van der Waals surface area contributed by atoms with Gasteiger partial charge in [-0.05, 0) is 18.6 Å². The number of sulfone groups is 1. The van der Waals surface area contributed by atoms with Crippen LogP contribution in [0, 0.1) is 0 Å². The molecule has 0 radical (unpaired) electrons. The highest BCUT2D eigenvalue weighted by molar-refractivity contribution is 7.91. The first-order chi connectivity index (χ1) is 10.4. The number of alkyl halides is 2. The van der Waals surface area contributed by atoms with Crippen LogP contribution in [0.15, 0.2) is 35.4 Å². The zero-order chi connectivity index (χ0) is 16.3. The molecule has 0 spiro atoms. The Hall–Kier alpha value is -1.96. The van der Waals surface area contributed by atoms with E-state index in [9.17, 15) is 17.2 Å². The van der Waals surface area contributed by atoms with E-state index in [0.29, 0.717) is 6.54 Å². The summed E-state index contributed by atoms with van der Waals surface area (Å²) in [5.41, 5.74) is 1.94. The van der Waals surface area contributed by atoms with E-state index in [0.717, 1.165) is 17.7 Å². The lowest BCUT2D eigenvalue weighted by Crippen LogP contribution is -2.14. The summed E-state index contributed by atoms with van der Waals surface area (Å²) < 4.78 is 50.5. The summed E-state index contributed by atoms with van der Waals surface area (Å²) in [7, 11) is -2.85. The van der Waals surface area contributed by atoms with Crippen LogP contribution < -0.4 is 5.32 Å². The highest BCUT2D eigenvalue weighted by Gasteiger charge is 2.28. The summed E-state index contributed by atoms with van der Waals surface area (Å²) in [6.07, 6.45) is 2.55. The number of anilines is 1. The lowest BCUT2D eigenvalue weighted by atomic mass is 10.2. The number of benzene rings is 1. The average molecular weight is 329 g/mol. The largest absolute Gasteiger partial charge is 0.380 e. The van der Waals surface area contributed by atoms with Crippen molar-refractivity contribution < 1.29 is 17.2 Å². The van der Waals surface area contributed by atoms with E-state index >= 15 is 0 Å². The van der Waals surface area contributed by atoms with E-state index in [1.165, 1.54) is 18.2 Å². The van der Waals surface area contributed by atoms with Crippen molar-refractivity contribution in [2.75, 3.05) is 5.32 Å². The Morgan fingerprint density at radius 1 is 1.32 bits per heavy atom. The number of hydrogen-bond donors (Lipinski definition) is 1. The number of aryl methyl sites for hydroxylation is 2. The van der Waals surface area contributed by atoms with Crippen molar-refractivity contribution in [2.45, 2.75) is 30.5 Å². The van der Waals surface area contributed by atoms with Crippen molar-refractivity contribution in [3.63, 3.8) is 0 Å². The monoisotopic (exact) mass is 329 g/mol. The normalized spacial score (nSPS) is 11.9. The first-order valence-corrected chi connectivity index (χ1v) is 8.27. The average Bonchev–Trinajstić information content (AvgIpc) is 2.85. The molecule has 22 heavy (non-hydrogen) atoms. The molecule has 2 rings (SSSR count). The van der Waals surface area contributed by atoms with Crippen molar-refractivity contribution in [2.24, 2.45) is 7.05 Å². The molecule has 0 saturated heterocycles. The van der Waals surface area contributed by atoms with Gasteiger partial charge in [0, 0.05) is 25.4 Å². The molecular formula is C14H17F2N3O2S. The molecule has 120 valence electrons. The van der Waals surface area contributed by atoms with Gasteiger partial charge in [-0.2, -0.15) is 13.9 Å². The predicted octanol–water partition coefficient (Wildman–Crippen LogP) is 2.59. The quantitative estimate of drug-likeness (QED) is 0.885. The van der Waals surface area contributed by atoms with Crippen LogP contribution >= 0.6 is 0 Å². The smallest absolute Gasteiger partial charge is 0.341 e. The molecule has 0 aliphatic rings. The van der Waals surface area contributed by atoms with Crippen molar-refractivity contribution >= 4 is 15.5 Å². The van der Waals surface area contributed by atoms with Crippen LogP contribution in [0.25, 0.3) is 0 Å². The fourth-order valence-electron chi connectivity index (χ4n) is 2.18. The van der Waals surface area contributed by atoms with E-state index in [-0.39, 0.29) is 5.69 Å². The summed E-state index contributed by atoms with van der Waals surface area (Å²) in [5, 5.41) is 7.19. The van der Waals surface area contributed by atoms with Crippen molar-refractivity contribution in [1.82, 2.24) is 9.78 Å². The Kier molecular flexibility index (Phi) is 4.80. The second-order valence-electron chi connectivity index (χ2n) is 4.78. The van der Waals surface area contributed by atoms with E-state index in [1.54, 1.807) is 17.8 Å². The van der Waals surface area contributed by atoms with Gasteiger partial charge in [0.25, 0.3) is 0 Å². The molecule has 2 aromatic rings. The molecule has 1 N–H and O–H groups in total. The molecule has 0 unspecified atom stereocenters. The molecule has 0 saturated carbocycles. The van der Waals surface area contributed by atoms with Crippen LogP contribution in [-0.4, -0.2) is 24.0 Å². The number of halogens is 2. The molecule has 0 amide bonds. The standard InChI is InChI=1S/C14H17F2N3O2S/c1-3-11-10(9-19(2)18-11)8-17-12-6-4-5-7-13(12)22(20,21)14(15)16/h4-7,9,14,17H,3,8H2,1-2H3. The minimum atomic E-state index is -4.64. The van der Waals surface area contributed by atoms with E-state index in [1.807, 2.05) is 13.1 Å². The van der Waals surface area contributed by atoms with Gasteiger partial charge in [-0.15, -0.1) is 0 Å². The molecule has 0 fully saturated rings. The molecule has 1 aromatic heterocycles. The third-order valence-electron chi connectivity index (χ3n) is 3.22. The second kappa shape index (κ2) is 6.43. The Labute approximate surface area is 127 Å². The Bertz CT molecular complexity index is 757. The number of para-hydroxylation sites is 1. The van der Waals surface area contributed by atoms with Crippen LogP contribution in [0.3, 0.4) is 0 Å². The minimum absolute atomic E-state index is 0.161. The highest BCUT2D eigenvalue weighted by atomic mass is 32.2. The molecule has 0 aliphatic carbocycles. The Morgan fingerprint density at radius 3 is 2.64 bits per heavy atom. The molecule has 8 heteroatoms. The van der Waals surface area contributed by atoms with Gasteiger partial charge >= 0.3 is 5.76 Å². The van der Waals surface area contributed by atoms with Gasteiger partial charge in [-0.25, -0.2) is 8.42 Å². The summed E-state index contributed by atoms with van der Waals surface area (Å²) in [4.78, 5) is -0.396. The van der Waals surface area contributed by atoms with Crippen LogP contribution in [0.1, 0.15) is 18.2 Å². The number of rotatable bonds is 6. The van der Waals surface area contributed by atoms with Gasteiger partial charge in [0.1, 0.15) is 0 Å². The first-order valence-electron chi connectivity index (χ1n) is 6.72.